The quantitative estimate of drug-likeness (QED) is 0.605. The third-order valence-corrected chi connectivity index (χ3v) is 9.54. The summed E-state index contributed by atoms with van der Waals surface area (Å²) < 4.78 is 8.74. The van der Waals surface area contributed by atoms with Gasteiger partial charge in [-0.25, -0.2) is 0 Å². The smallest absolute Gasteiger partial charge is 0.225 e. The Balaban J connectivity index is 1.97. The summed E-state index contributed by atoms with van der Waals surface area (Å²) >= 11 is 1.80. The molecule has 2 rings (SSSR count). The lowest BCUT2D eigenvalue weighted by Gasteiger charge is -2.36. The molecule has 0 spiro atoms. The predicted octanol–water partition coefficient (Wildman–Crippen LogP) is 3.54. The molecule has 17 heavy (non-hydrogen) atoms. The number of hydrogen-bond acceptors (Lipinski definition) is 2. The van der Waals surface area contributed by atoms with E-state index in [-0.39, 0.29) is 0 Å². The third-order valence-electron chi connectivity index (χ3n) is 4.28. The topological polar surface area (TPSA) is 13.1 Å². The highest BCUT2D eigenvalue weighted by atomic mass is 32.1. The van der Waals surface area contributed by atoms with Crippen molar-refractivity contribution in [1.29, 1.82) is 0 Å². The Morgan fingerprint density at radius 1 is 1.47 bits per heavy atom. The molecule has 0 fully saturated rings. The van der Waals surface area contributed by atoms with Gasteiger partial charge in [-0.15, -0.1) is 0 Å². The molecule has 0 N–H and O–H groups in total. The molecule has 1 aromatic rings. The van der Waals surface area contributed by atoms with Crippen LogP contribution in [0.3, 0.4) is 0 Å². The van der Waals surface area contributed by atoms with E-state index in [1.807, 2.05) is 0 Å². The highest BCUT2D eigenvalue weighted by Crippen LogP contribution is 2.37. The summed E-state index contributed by atoms with van der Waals surface area (Å²) in [5.74, 6) is 0. The number of fused-ring (bicyclic) bond motifs is 1. The minimum atomic E-state index is -1.58. The van der Waals surface area contributed by atoms with E-state index in [0.29, 0.717) is 11.1 Å². The van der Waals surface area contributed by atoms with Crippen molar-refractivity contribution in [3.63, 3.8) is 0 Å². The van der Waals surface area contributed by atoms with Gasteiger partial charge in [0.05, 0.1) is 12.0 Å². The molecule has 2 nitrogen and oxygen atoms in total. The molecule has 1 aliphatic rings. The average Bonchev–Trinajstić information content (AvgIpc) is 2.74. The monoisotopic (exact) mass is 270 g/mol. The van der Waals surface area contributed by atoms with Crippen molar-refractivity contribution >= 4 is 19.7 Å². The number of rotatable bonds is 3. The molecule has 0 amide bonds. The normalized spacial score (nSPS) is 20.6. The van der Waals surface area contributed by atoms with E-state index in [0.717, 1.165) is 6.61 Å². The largest absolute Gasteiger partial charge is 0.410 e. The Kier molecular flexibility index (Phi) is 3.49. The molecule has 4 heteroatoms. The van der Waals surface area contributed by atoms with Crippen LogP contribution in [0.15, 0.2) is 10.9 Å². The maximum Gasteiger partial charge on any atom is 0.225 e. The average molecular weight is 270 g/mol. The van der Waals surface area contributed by atoms with Crippen molar-refractivity contribution in [3.05, 3.63) is 16.6 Å². The molecule has 0 aromatic carbocycles. The zero-order chi connectivity index (χ0) is 12.7. The van der Waals surface area contributed by atoms with Crippen LogP contribution in [0.2, 0.25) is 18.1 Å². The zero-order valence-corrected chi connectivity index (χ0v) is 13.4. The van der Waals surface area contributed by atoms with Crippen molar-refractivity contribution in [3.8, 4) is 0 Å². The Morgan fingerprint density at radius 3 is 2.82 bits per heavy atom. The molecular weight excluding hydrogens is 246 g/mol. The highest BCUT2D eigenvalue weighted by molar-refractivity contribution is 7.07. The summed E-state index contributed by atoms with van der Waals surface area (Å²) in [4.78, 5) is 0. The molecular formula is C13H24NOSSi+. The fourth-order valence-corrected chi connectivity index (χ4v) is 3.89. The van der Waals surface area contributed by atoms with Crippen LogP contribution in [0, 0.1) is 0 Å². The van der Waals surface area contributed by atoms with E-state index in [4.69, 9.17) is 4.43 Å². The lowest BCUT2D eigenvalue weighted by molar-refractivity contribution is -0.713. The fraction of sp³-hybridized carbons (Fsp3) is 0.769. The van der Waals surface area contributed by atoms with Crippen molar-refractivity contribution in [1.82, 2.24) is 0 Å². The minimum absolute atomic E-state index is 0.313. The van der Waals surface area contributed by atoms with Gasteiger partial charge in [-0.05, 0) is 18.1 Å². The molecule has 0 radical (unpaired) electrons. The Labute approximate surface area is 110 Å². The first-order valence-electron chi connectivity index (χ1n) is 6.41. The lowest BCUT2D eigenvalue weighted by Crippen LogP contribution is -2.45. The summed E-state index contributed by atoms with van der Waals surface area (Å²) in [5.41, 5.74) is 3.72. The lowest BCUT2D eigenvalue weighted by atomic mass is 10.2. The minimum Gasteiger partial charge on any atom is -0.410 e. The zero-order valence-electron chi connectivity index (χ0n) is 11.6. The highest BCUT2D eigenvalue weighted by Gasteiger charge is 2.40. The van der Waals surface area contributed by atoms with Crippen LogP contribution in [0.5, 0.6) is 0 Å². The second kappa shape index (κ2) is 4.48. The molecule has 0 aliphatic carbocycles. The maximum atomic E-state index is 6.33. The van der Waals surface area contributed by atoms with Crippen LogP contribution in [-0.2, 0) is 10.8 Å². The van der Waals surface area contributed by atoms with E-state index < -0.39 is 8.32 Å². The standard InChI is InChI=1S/C13H24NOSSi/c1-13(2,3)17(4,5)15-8-11-6-7-12-9-16-10-14(11)12/h9-11H,6-8H2,1-5H3/q+1/t11-/m1/s1. The summed E-state index contributed by atoms with van der Waals surface area (Å²) in [6, 6.07) is 0.574. The molecule has 1 atom stereocenters. The van der Waals surface area contributed by atoms with Gasteiger partial charge in [-0.2, -0.15) is 4.57 Å². The predicted molar refractivity (Wildman–Crippen MR) is 75.0 cm³/mol. The number of aryl methyl sites for hydroxylation is 1. The van der Waals surface area contributed by atoms with Crippen LogP contribution >= 0.6 is 11.3 Å². The Hall–Kier alpha value is -0.193. The van der Waals surface area contributed by atoms with E-state index >= 15 is 0 Å². The van der Waals surface area contributed by atoms with Gasteiger partial charge in [0, 0.05) is 12.8 Å². The van der Waals surface area contributed by atoms with Crippen LogP contribution < -0.4 is 4.57 Å². The molecule has 0 unspecified atom stereocenters. The molecule has 1 aromatic heterocycles. The molecule has 0 saturated heterocycles. The van der Waals surface area contributed by atoms with Gasteiger partial charge in [0.25, 0.3) is 0 Å². The summed E-state index contributed by atoms with van der Waals surface area (Å²) in [5, 5.41) is 2.58. The van der Waals surface area contributed by atoms with Crippen LogP contribution in [0.25, 0.3) is 0 Å². The first kappa shape index (κ1) is 13.2. The van der Waals surface area contributed by atoms with Crippen LogP contribution in [0.4, 0.5) is 0 Å². The first-order chi connectivity index (χ1) is 7.81. The van der Waals surface area contributed by atoms with Gasteiger partial charge >= 0.3 is 0 Å². The third kappa shape index (κ3) is 2.64. The number of aromatic nitrogens is 1. The van der Waals surface area contributed by atoms with Gasteiger partial charge in [-0.3, -0.25) is 0 Å². The molecule has 96 valence electrons. The van der Waals surface area contributed by atoms with Gasteiger partial charge in [0.1, 0.15) is 0 Å². The van der Waals surface area contributed by atoms with Gasteiger partial charge in [-0.1, -0.05) is 32.1 Å². The summed E-state index contributed by atoms with van der Waals surface area (Å²) in [6.07, 6.45) is 2.46. The van der Waals surface area contributed by atoms with Gasteiger partial charge in [0.2, 0.25) is 5.51 Å². The molecule has 2 heterocycles. The van der Waals surface area contributed by atoms with Crippen molar-refractivity contribution < 1.29 is 8.99 Å². The number of nitrogens with zero attached hydrogens (tertiary/aromatic N) is 1. The first-order valence-corrected chi connectivity index (χ1v) is 10.3. The Morgan fingerprint density at radius 2 is 2.18 bits per heavy atom. The van der Waals surface area contributed by atoms with E-state index in [1.165, 1.54) is 18.5 Å². The maximum absolute atomic E-state index is 6.33. The fourth-order valence-electron chi connectivity index (χ4n) is 1.95. The van der Waals surface area contributed by atoms with Crippen molar-refractivity contribution in [2.75, 3.05) is 6.61 Å². The molecule has 1 aliphatic heterocycles. The summed E-state index contributed by atoms with van der Waals surface area (Å²) in [6.45, 7) is 12.5. The van der Waals surface area contributed by atoms with Crippen molar-refractivity contribution in [2.45, 2.75) is 57.8 Å². The van der Waals surface area contributed by atoms with E-state index in [1.54, 1.807) is 11.3 Å². The SMILES string of the molecule is CC(C)(C)[Si](C)(C)OC[C@H]1CCc2csc[n+]21. The number of thiazole rings is 1. The molecule has 0 bridgehead atoms. The second-order valence-electron chi connectivity index (χ2n) is 6.52. The van der Waals surface area contributed by atoms with Crippen LogP contribution in [0.1, 0.15) is 38.9 Å². The Bertz CT molecular complexity index is 394. The van der Waals surface area contributed by atoms with Crippen molar-refractivity contribution in [2.24, 2.45) is 0 Å². The van der Waals surface area contributed by atoms with Crippen LogP contribution in [-0.4, -0.2) is 14.9 Å². The summed E-state index contributed by atoms with van der Waals surface area (Å²) in [7, 11) is -1.58. The van der Waals surface area contributed by atoms with E-state index in [2.05, 4.69) is 49.3 Å². The van der Waals surface area contributed by atoms with Gasteiger partial charge in [0.15, 0.2) is 20.1 Å². The number of hydrogen-bond donors (Lipinski definition) is 0. The second-order valence-corrected chi connectivity index (χ2v) is 12.0. The van der Waals surface area contributed by atoms with E-state index in [9.17, 15) is 0 Å². The molecule has 0 saturated carbocycles. The van der Waals surface area contributed by atoms with Gasteiger partial charge < -0.3 is 4.43 Å².